The Morgan fingerprint density at radius 1 is 1.33 bits per heavy atom. The number of hydrogen-bond donors (Lipinski definition) is 0. The Morgan fingerprint density at radius 3 is 2.53 bits per heavy atom. The van der Waals surface area contributed by atoms with Gasteiger partial charge in [0.1, 0.15) is 5.69 Å². The van der Waals surface area contributed by atoms with E-state index in [-0.39, 0.29) is 0 Å². The summed E-state index contributed by atoms with van der Waals surface area (Å²) in [7, 11) is 0. The van der Waals surface area contributed by atoms with Crippen LogP contribution in [0.15, 0.2) is 30.3 Å². The molecule has 0 N–H and O–H groups in total. The first-order chi connectivity index (χ1) is 7.24. The SMILES string of the molecule is CCc1nn(-c2ccccc2)[n+]([O-])c1C. The predicted octanol–water partition coefficient (Wildman–Crippen LogP) is 1.38. The lowest BCUT2D eigenvalue weighted by Crippen LogP contribution is -2.39. The molecule has 0 aliphatic rings. The van der Waals surface area contributed by atoms with Gasteiger partial charge < -0.3 is 5.21 Å². The van der Waals surface area contributed by atoms with Gasteiger partial charge in [0, 0.05) is 18.4 Å². The first-order valence-electron chi connectivity index (χ1n) is 4.97. The lowest BCUT2D eigenvalue weighted by atomic mass is 10.3. The second-order valence-electron chi connectivity index (χ2n) is 3.38. The van der Waals surface area contributed by atoms with Gasteiger partial charge in [0.25, 0.3) is 0 Å². The number of benzene rings is 1. The molecule has 15 heavy (non-hydrogen) atoms. The topological polar surface area (TPSA) is 44.8 Å². The highest BCUT2D eigenvalue weighted by Crippen LogP contribution is 2.06. The van der Waals surface area contributed by atoms with Gasteiger partial charge in [-0.25, -0.2) is 0 Å². The first-order valence-corrected chi connectivity index (χ1v) is 4.97. The molecule has 4 heteroatoms. The molecule has 0 atom stereocenters. The largest absolute Gasteiger partial charge is 0.692 e. The number of para-hydroxylation sites is 1. The van der Waals surface area contributed by atoms with E-state index in [2.05, 4.69) is 5.10 Å². The molecule has 1 aromatic carbocycles. The molecule has 1 aromatic heterocycles. The van der Waals surface area contributed by atoms with Gasteiger partial charge in [0.05, 0.1) is 0 Å². The smallest absolute Gasteiger partial charge is 0.222 e. The second kappa shape index (κ2) is 3.73. The van der Waals surface area contributed by atoms with E-state index in [4.69, 9.17) is 0 Å². The van der Waals surface area contributed by atoms with Crippen LogP contribution in [-0.2, 0) is 6.42 Å². The minimum absolute atomic E-state index is 0.668. The monoisotopic (exact) mass is 203 g/mol. The third-order valence-electron chi connectivity index (χ3n) is 2.41. The van der Waals surface area contributed by atoms with Crippen molar-refractivity contribution in [2.45, 2.75) is 20.3 Å². The molecular weight excluding hydrogens is 190 g/mol. The van der Waals surface area contributed by atoms with Crippen molar-refractivity contribution in [3.05, 3.63) is 46.9 Å². The second-order valence-corrected chi connectivity index (χ2v) is 3.38. The Kier molecular flexibility index (Phi) is 2.41. The molecule has 1 heterocycles. The normalized spacial score (nSPS) is 10.5. The van der Waals surface area contributed by atoms with Crippen LogP contribution >= 0.6 is 0 Å². The van der Waals surface area contributed by atoms with Crippen molar-refractivity contribution < 1.29 is 4.85 Å². The van der Waals surface area contributed by atoms with Crippen LogP contribution in [0.3, 0.4) is 0 Å². The summed E-state index contributed by atoms with van der Waals surface area (Å²) in [5, 5.41) is 16.0. The van der Waals surface area contributed by atoms with E-state index in [9.17, 15) is 5.21 Å². The van der Waals surface area contributed by atoms with E-state index in [1.54, 1.807) is 6.92 Å². The maximum Gasteiger partial charge on any atom is 0.222 e. The molecule has 0 amide bonds. The van der Waals surface area contributed by atoms with Crippen molar-refractivity contribution >= 4 is 0 Å². The van der Waals surface area contributed by atoms with Crippen LogP contribution in [0.25, 0.3) is 5.69 Å². The van der Waals surface area contributed by atoms with E-state index >= 15 is 0 Å². The summed E-state index contributed by atoms with van der Waals surface area (Å²) in [6.07, 6.45) is 0.772. The molecule has 2 aromatic rings. The number of aryl methyl sites for hydroxylation is 1. The van der Waals surface area contributed by atoms with E-state index in [1.165, 1.54) is 4.80 Å². The first kappa shape index (κ1) is 9.71. The summed E-state index contributed by atoms with van der Waals surface area (Å²) in [4.78, 5) is 2.21. The van der Waals surface area contributed by atoms with Gasteiger partial charge in [-0.2, -0.15) is 4.85 Å². The Morgan fingerprint density at radius 2 is 2.00 bits per heavy atom. The predicted molar refractivity (Wildman–Crippen MR) is 56.6 cm³/mol. The van der Waals surface area contributed by atoms with Crippen molar-refractivity contribution in [1.29, 1.82) is 0 Å². The maximum atomic E-state index is 11.8. The zero-order chi connectivity index (χ0) is 10.8. The zero-order valence-electron chi connectivity index (χ0n) is 8.84. The van der Waals surface area contributed by atoms with E-state index < -0.39 is 0 Å². The molecular formula is C11H13N3O. The van der Waals surface area contributed by atoms with Crippen molar-refractivity contribution in [1.82, 2.24) is 9.90 Å². The molecule has 0 unspecified atom stereocenters. The molecule has 4 nitrogen and oxygen atoms in total. The van der Waals surface area contributed by atoms with Gasteiger partial charge in [-0.05, 0) is 16.9 Å². The fraction of sp³-hybridized carbons (Fsp3) is 0.273. The fourth-order valence-electron chi connectivity index (χ4n) is 1.53. The maximum absolute atomic E-state index is 11.8. The van der Waals surface area contributed by atoms with Crippen molar-refractivity contribution in [3.63, 3.8) is 0 Å². The lowest BCUT2D eigenvalue weighted by molar-refractivity contribution is -0.694. The van der Waals surface area contributed by atoms with Gasteiger partial charge in [-0.1, -0.05) is 25.1 Å². The average molecular weight is 203 g/mol. The van der Waals surface area contributed by atoms with Crippen molar-refractivity contribution in [2.75, 3.05) is 0 Å². The standard InChI is InChI=1S/C11H13N3O/c1-3-11-9(2)14(15)13(12-11)10-7-5-4-6-8-10/h4-8H,3H2,1-2H3. The van der Waals surface area contributed by atoms with Crippen LogP contribution in [0.4, 0.5) is 0 Å². The van der Waals surface area contributed by atoms with Crippen molar-refractivity contribution in [2.24, 2.45) is 0 Å². The lowest BCUT2D eigenvalue weighted by Gasteiger charge is -2.03. The highest BCUT2D eigenvalue weighted by molar-refractivity contribution is 5.27. The number of nitrogens with zero attached hydrogens (tertiary/aromatic N) is 3. The Bertz CT molecular complexity index is 462. The van der Waals surface area contributed by atoms with Crippen LogP contribution in [0.1, 0.15) is 18.3 Å². The van der Waals surface area contributed by atoms with E-state index in [1.807, 2.05) is 37.3 Å². The van der Waals surface area contributed by atoms with Gasteiger partial charge in [-0.15, -0.1) is 0 Å². The van der Waals surface area contributed by atoms with Gasteiger partial charge in [0.2, 0.25) is 5.69 Å². The molecule has 0 aliphatic heterocycles. The highest BCUT2D eigenvalue weighted by Gasteiger charge is 2.17. The Labute approximate surface area is 88.3 Å². The summed E-state index contributed by atoms with van der Waals surface area (Å²) >= 11 is 0. The summed E-state index contributed by atoms with van der Waals surface area (Å²) in [5.74, 6) is 0. The number of rotatable bonds is 2. The highest BCUT2D eigenvalue weighted by atomic mass is 16.5. The minimum atomic E-state index is 0.668. The third kappa shape index (κ3) is 1.58. The molecule has 0 saturated heterocycles. The van der Waals surface area contributed by atoms with Crippen LogP contribution in [0.2, 0.25) is 0 Å². The Hall–Kier alpha value is -1.84. The van der Waals surface area contributed by atoms with Crippen LogP contribution in [0, 0.1) is 12.1 Å². The molecule has 0 fully saturated rings. The molecule has 0 radical (unpaired) electrons. The summed E-state index contributed by atoms with van der Waals surface area (Å²) in [6, 6.07) is 9.41. The quantitative estimate of drug-likeness (QED) is 0.546. The number of hydrogen-bond acceptors (Lipinski definition) is 2. The van der Waals surface area contributed by atoms with E-state index in [0.29, 0.717) is 5.69 Å². The van der Waals surface area contributed by atoms with Crippen LogP contribution in [0.5, 0.6) is 0 Å². The van der Waals surface area contributed by atoms with Crippen LogP contribution < -0.4 is 4.85 Å². The zero-order valence-corrected chi connectivity index (χ0v) is 8.84. The molecule has 78 valence electrons. The van der Waals surface area contributed by atoms with Crippen LogP contribution in [-0.4, -0.2) is 9.90 Å². The summed E-state index contributed by atoms with van der Waals surface area (Å²) < 4.78 is 0. The van der Waals surface area contributed by atoms with Gasteiger partial charge in [0.15, 0.2) is 5.69 Å². The fourth-order valence-corrected chi connectivity index (χ4v) is 1.53. The summed E-state index contributed by atoms with van der Waals surface area (Å²) in [6.45, 7) is 3.78. The molecule has 0 aliphatic carbocycles. The molecule has 0 bridgehead atoms. The third-order valence-corrected chi connectivity index (χ3v) is 2.41. The minimum Gasteiger partial charge on any atom is -0.692 e. The Balaban J connectivity index is 2.55. The van der Waals surface area contributed by atoms with E-state index in [0.717, 1.165) is 22.6 Å². The summed E-state index contributed by atoms with van der Waals surface area (Å²) in [5.41, 5.74) is 2.30. The molecule has 0 saturated carbocycles. The molecule has 2 rings (SSSR count). The van der Waals surface area contributed by atoms with Gasteiger partial charge >= 0.3 is 0 Å². The van der Waals surface area contributed by atoms with Crippen molar-refractivity contribution in [3.8, 4) is 5.69 Å². The average Bonchev–Trinajstić information content (AvgIpc) is 2.57. The number of aromatic nitrogens is 3. The molecule has 0 spiro atoms. The van der Waals surface area contributed by atoms with Gasteiger partial charge in [-0.3, -0.25) is 0 Å².